The van der Waals surface area contributed by atoms with Gasteiger partial charge in [0.25, 0.3) is 0 Å². The van der Waals surface area contributed by atoms with Gasteiger partial charge in [-0.25, -0.2) is 14.4 Å². The number of carbonyl (C=O) groups is 3. The molecule has 0 spiro atoms. The second-order valence-electron chi connectivity index (χ2n) is 27.4. The van der Waals surface area contributed by atoms with E-state index in [1.807, 2.05) is 141 Å². The van der Waals surface area contributed by atoms with Crippen molar-refractivity contribution in [2.45, 2.75) is 397 Å². The number of aromatic carboxylic acids is 3. The smallest absolute Gasteiger partial charge is 0.338 e. The van der Waals surface area contributed by atoms with E-state index in [-0.39, 0.29) is 24.5 Å². The van der Waals surface area contributed by atoms with Crippen LogP contribution in [0.2, 0.25) is 0 Å². The topological polar surface area (TPSA) is 112 Å². The molecule has 0 aromatic heterocycles. The lowest BCUT2D eigenvalue weighted by Gasteiger charge is -2.33. The number of hydrogen-bond donors (Lipinski definition) is 3. The number of rotatable bonds is 42. The Kier molecular flexibility index (Phi) is 29.3. The summed E-state index contributed by atoms with van der Waals surface area (Å²) in [4.78, 5) is 57.2. The van der Waals surface area contributed by atoms with E-state index in [2.05, 4.69) is 83.1 Å². The van der Waals surface area contributed by atoms with Crippen LogP contribution in [-0.4, -0.2) is 57.7 Å². The Bertz CT molecular complexity index is 2610. The minimum atomic E-state index is -0.843. The van der Waals surface area contributed by atoms with Gasteiger partial charge < -0.3 is 15.3 Å². The van der Waals surface area contributed by atoms with Gasteiger partial charge in [0.15, 0.2) is 0 Å². The molecular weight excluding hydrogens is 1390 g/mol. The predicted molar refractivity (Wildman–Crippen MR) is 422 cm³/mol. The summed E-state index contributed by atoms with van der Waals surface area (Å²) in [6, 6.07) is 0. The molecule has 18 heteroatoms. The molecule has 1 radical (unpaired) electrons. The Balaban J connectivity index is 1.58. The average molecular weight is 1510 g/mol. The molecule has 3 aromatic rings. The summed E-state index contributed by atoms with van der Waals surface area (Å²) >= 11 is 23.3. The van der Waals surface area contributed by atoms with Crippen molar-refractivity contribution in [1.29, 1.82) is 0 Å². The zero-order valence-corrected chi connectivity index (χ0v) is 68.7. The van der Waals surface area contributed by atoms with Crippen molar-refractivity contribution in [3.8, 4) is 0 Å². The summed E-state index contributed by atoms with van der Waals surface area (Å²) in [5.74, 6) is -1.38. The number of unbranched alkanes of at least 4 members (excludes halogenated alkanes) is 12. The molecule has 523 valence electrons. The monoisotopic (exact) mass is 1500 g/mol. The van der Waals surface area contributed by atoms with Crippen LogP contribution in [0.5, 0.6) is 0 Å². The number of carboxylic acids is 3. The fraction of sp³-hybridized carbons (Fsp3) is 0.711. The summed E-state index contributed by atoms with van der Waals surface area (Å²) in [6.45, 7) is 27.5. The standard InChI is InChI=1S/C76H111O6S12/c1-13-25-37-71(38-26-14-2)83-56-50(57-63(53(68(77)78)62(56)89-71)90-72(84-57,39-27-15-3)40-28-16-4)49(51-58-64(91-73(85-58,41-29-17-5)42-30-18-6)54(69(79)80)65-59(51)86-74(92-65,43-31-19-7)44-32-20-8)52-60-66(93-75(87-60,45-33-21-9)46-34-22-10)55(70(81)82)67-61(52)88-76(94-67,47-35-23-11)48-36-24-12/h13-48H2,1-12H3,(H,77,78)(H,79,80)(H,81,82). The molecule has 94 heavy (non-hydrogen) atoms. The maximum Gasteiger partial charge on any atom is 0.338 e. The fourth-order valence-corrected chi connectivity index (χ4v) is 36.7. The molecule has 0 bridgehead atoms. The van der Waals surface area contributed by atoms with Crippen LogP contribution in [0.1, 0.15) is 362 Å². The molecule has 0 aliphatic carbocycles. The highest BCUT2D eigenvalue weighted by Gasteiger charge is 2.58. The highest BCUT2D eigenvalue weighted by Crippen LogP contribution is 2.78. The van der Waals surface area contributed by atoms with Gasteiger partial charge in [-0.05, 0) is 93.7 Å². The molecule has 0 atom stereocenters. The van der Waals surface area contributed by atoms with Crippen molar-refractivity contribution in [3.63, 3.8) is 0 Å². The van der Waals surface area contributed by atoms with Crippen molar-refractivity contribution in [2.24, 2.45) is 0 Å². The first-order chi connectivity index (χ1) is 45.3. The number of fused-ring (bicyclic) bond motifs is 6. The summed E-state index contributed by atoms with van der Waals surface area (Å²) < 4.78 is -1.84. The van der Waals surface area contributed by atoms with E-state index in [1.54, 1.807) is 0 Å². The highest BCUT2D eigenvalue weighted by atomic mass is 32.2. The molecule has 6 heterocycles. The molecule has 6 nitrogen and oxygen atoms in total. The van der Waals surface area contributed by atoms with Gasteiger partial charge in [0.05, 0.1) is 47.1 Å². The average Bonchev–Trinajstić information content (AvgIpc) is 1.49. The van der Waals surface area contributed by atoms with Crippen LogP contribution in [0.4, 0.5) is 0 Å². The predicted octanol–water partition coefficient (Wildman–Crippen LogP) is 29.4. The third-order valence-electron chi connectivity index (χ3n) is 19.7. The number of benzene rings is 3. The number of hydrogen-bond acceptors (Lipinski definition) is 15. The van der Waals surface area contributed by atoms with Crippen molar-refractivity contribution < 1.29 is 29.7 Å². The zero-order chi connectivity index (χ0) is 67.6. The van der Waals surface area contributed by atoms with Crippen molar-refractivity contribution in [3.05, 3.63) is 39.3 Å². The summed E-state index contributed by atoms with van der Waals surface area (Å²) in [5, 5.41) is 36.9. The van der Waals surface area contributed by atoms with E-state index < -0.39 is 17.9 Å². The summed E-state index contributed by atoms with van der Waals surface area (Å²) in [7, 11) is 0. The Hall–Kier alpha value is 0.270. The molecule has 6 aliphatic heterocycles. The Labute approximate surface area is 619 Å². The normalized spacial score (nSPS) is 18.6. The van der Waals surface area contributed by atoms with Crippen LogP contribution in [0.3, 0.4) is 0 Å². The van der Waals surface area contributed by atoms with Crippen LogP contribution in [0, 0.1) is 5.92 Å². The highest BCUT2D eigenvalue weighted by molar-refractivity contribution is 8.23. The zero-order valence-electron chi connectivity index (χ0n) is 58.9. The lowest BCUT2D eigenvalue weighted by Crippen LogP contribution is -2.20. The minimum absolute atomic E-state index is 0.307. The first-order valence-corrected chi connectivity index (χ1v) is 46.7. The third kappa shape index (κ3) is 16.4. The molecule has 0 fully saturated rings. The van der Waals surface area contributed by atoms with Crippen LogP contribution in [0.25, 0.3) is 0 Å². The number of thioether (sulfide) groups is 12. The van der Waals surface area contributed by atoms with E-state index >= 15 is 14.4 Å². The van der Waals surface area contributed by atoms with Crippen LogP contribution < -0.4 is 0 Å². The molecule has 3 N–H and O–H groups in total. The fourth-order valence-electron chi connectivity index (χ4n) is 14.5. The van der Waals surface area contributed by atoms with Crippen LogP contribution >= 0.6 is 141 Å². The molecule has 0 saturated carbocycles. The van der Waals surface area contributed by atoms with Gasteiger partial charge in [-0.15, -0.1) is 141 Å². The van der Waals surface area contributed by atoms with Gasteiger partial charge in [-0.1, -0.05) is 237 Å². The molecule has 0 unspecified atom stereocenters. The van der Waals surface area contributed by atoms with Crippen LogP contribution in [-0.2, 0) is 0 Å². The van der Waals surface area contributed by atoms with Gasteiger partial charge in [0.1, 0.15) is 0 Å². The van der Waals surface area contributed by atoms with Gasteiger partial charge in [-0.3, -0.25) is 0 Å². The van der Waals surface area contributed by atoms with Crippen molar-refractivity contribution in [2.75, 3.05) is 0 Å². The van der Waals surface area contributed by atoms with Gasteiger partial charge >= 0.3 is 17.9 Å². The first-order valence-electron chi connectivity index (χ1n) is 36.9. The minimum Gasteiger partial charge on any atom is -0.478 e. The van der Waals surface area contributed by atoms with Gasteiger partial charge in [0, 0.05) is 58.7 Å². The maximum absolute atomic E-state index is 15.0. The van der Waals surface area contributed by atoms with E-state index in [4.69, 9.17) is 0 Å². The molecule has 0 amide bonds. The molecule has 0 saturated heterocycles. The third-order valence-corrected chi connectivity index (χ3v) is 40.2. The molecular formula is C76H111O6S12. The second kappa shape index (κ2) is 35.2. The van der Waals surface area contributed by atoms with Gasteiger partial charge in [0.2, 0.25) is 0 Å². The van der Waals surface area contributed by atoms with Gasteiger partial charge in [-0.2, -0.15) is 0 Å². The quantitative estimate of drug-likeness (QED) is 0.0467. The summed E-state index contributed by atoms with van der Waals surface area (Å²) in [6.07, 6.45) is 36.5. The molecule has 9 rings (SSSR count). The lowest BCUT2D eigenvalue weighted by atomic mass is 9.83. The van der Waals surface area contributed by atoms with Crippen molar-refractivity contribution in [1.82, 2.24) is 0 Å². The van der Waals surface area contributed by atoms with Crippen molar-refractivity contribution >= 4 is 159 Å². The Morgan fingerprint density at radius 3 is 0.415 bits per heavy atom. The maximum atomic E-state index is 15.0. The molecule has 6 aliphatic rings. The first kappa shape index (κ1) is 78.4. The Morgan fingerprint density at radius 1 is 0.213 bits per heavy atom. The SMILES string of the molecule is CCCCC1(CCCC)Sc2c(c(C(=O)O)c3c(c2[C](c2c4c(c(C(=O)O)c5c2SC(CCCC)(CCCC)S5)SC(CCCC)(CCCC)S4)c2c4c(c(C(=O)O)c5c2SC(CCCC)(CCCC)S5)SC(CCCC)(CCCC)S4)SC(CCCC)(CCCC)S3)S1. The van der Waals surface area contributed by atoms with E-state index in [0.717, 1.165) is 296 Å². The van der Waals surface area contributed by atoms with Crippen LogP contribution in [0.15, 0.2) is 58.7 Å². The lowest BCUT2D eigenvalue weighted by molar-refractivity contribution is 0.0677. The van der Waals surface area contributed by atoms with E-state index in [1.165, 1.54) is 16.7 Å². The van der Waals surface area contributed by atoms with E-state index in [9.17, 15) is 15.3 Å². The second-order valence-corrected chi connectivity index (χ2v) is 45.7. The number of carboxylic acid groups (broad SMARTS) is 3. The Morgan fingerprint density at radius 2 is 0.319 bits per heavy atom. The molecule has 3 aromatic carbocycles. The van der Waals surface area contributed by atoms with E-state index in [0.29, 0.717) is 16.7 Å². The summed E-state index contributed by atoms with van der Waals surface area (Å²) in [5.41, 5.74) is 4.96. The largest absolute Gasteiger partial charge is 0.478 e.